The van der Waals surface area contributed by atoms with Crippen molar-refractivity contribution in [1.82, 2.24) is 9.78 Å². The molecule has 1 aromatic rings. The molecule has 0 bridgehead atoms. The van der Waals surface area contributed by atoms with Crippen LogP contribution in [0.4, 0.5) is 13.2 Å². The second-order valence-electron chi connectivity index (χ2n) is 4.29. The van der Waals surface area contributed by atoms with Crippen molar-refractivity contribution in [2.75, 3.05) is 0 Å². The molecule has 1 atom stereocenters. The van der Waals surface area contributed by atoms with Gasteiger partial charge in [0.05, 0.1) is 5.69 Å². The average molecular weight is 249 g/mol. The first-order valence-electron chi connectivity index (χ1n) is 5.59. The van der Waals surface area contributed by atoms with E-state index >= 15 is 0 Å². The molecule has 0 aliphatic heterocycles. The van der Waals surface area contributed by atoms with Crippen molar-refractivity contribution in [2.45, 2.75) is 52.4 Å². The number of rotatable bonds is 4. The maximum atomic E-state index is 12.3. The van der Waals surface area contributed by atoms with Crippen LogP contribution in [0.1, 0.15) is 30.3 Å². The van der Waals surface area contributed by atoms with Gasteiger partial charge in [0.15, 0.2) is 0 Å². The summed E-state index contributed by atoms with van der Waals surface area (Å²) in [5.41, 5.74) is 7.85. The molecule has 0 saturated carbocycles. The minimum atomic E-state index is -4.24. The predicted octanol–water partition coefficient (Wildman–Crippen LogP) is 2.34. The van der Waals surface area contributed by atoms with Crippen molar-refractivity contribution in [1.29, 1.82) is 0 Å². The quantitative estimate of drug-likeness (QED) is 0.890. The van der Waals surface area contributed by atoms with Gasteiger partial charge in [-0.05, 0) is 32.3 Å². The molecule has 0 saturated heterocycles. The first kappa shape index (κ1) is 14.0. The third kappa shape index (κ3) is 3.73. The Morgan fingerprint density at radius 1 is 1.35 bits per heavy atom. The highest BCUT2D eigenvalue weighted by Crippen LogP contribution is 2.21. The van der Waals surface area contributed by atoms with Gasteiger partial charge >= 0.3 is 6.18 Å². The van der Waals surface area contributed by atoms with Gasteiger partial charge in [-0.25, -0.2) is 0 Å². The van der Waals surface area contributed by atoms with E-state index in [1.54, 1.807) is 13.8 Å². The number of halogens is 3. The van der Waals surface area contributed by atoms with Gasteiger partial charge in [-0.3, -0.25) is 4.68 Å². The van der Waals surface area contributed by atoms with Crippen LogP contribution in [0.25, 0.3) is 0 Å². The molecule has 2 N–H and O–H groups in total. The van der Waals surface area contributed by atoms with E-state index in [0.29, 0.717) is 17.8 Å². The van der Waals surface area contributed by atoms with Crippen LogP contribution in [0.5, 0.6) is 0 Å². The lowest BCUT2D eigenvalue weighted by atomic mass is 10.0. The molecule has 0 spiro atoms. The van der Waals surface area contributed by atoms with Crippen LogP contribution in [0.2, 0.25) is 0 Å². The Morgan fingerprint density at radius 2 is 1.94 bits per heavy atom. The second-order valence-corrected chi connectivity index (χ2v) is 4.29. The Morgan fingerprint density at radius 3 is 2.41 bits per heavy atom. The number of nitrogens with zero attached hydrogens (tertiary/aromatic N) is 2. The third-order valence-electron chi connectivity index (χ3n) is 2.85. The second kappa shape index (κ2) is 5.08. The Bertz CT molecular complexity index is 382. The molecule has 1 rings (SSSR count). The number of aryl methyl sites for hydroxylation is 1. The maximum absolute atomic E-state index is 12.3. The zero-order valence-corrected chi connectivity index (χ0v) is 10.3. The minimum absolute atomic E-state index is 0.0315. The fourth-order valence-electron chi connectivity index (χ4n) is 1.76. The summed E-state index contributed by atoms with van der Waals surface area (Å²) in [6.45, 7) is 4.29. The molecule has 0 aromatic carbocycles. The van der Waals surface area contributed by atoms with Crippen molar-refractivity contribution in [3.8, 4) is 0 Å². The topological polar surface area (TPSA) is 43.8 Å². The molecule has 0 fully saturated rings. The van der Waals surface area contributed by atoms with E-state index < -0.39 is 12.7 Å². The highest BCUT2D eigenvalue weighted by Gasteiger charge is 2.30. The molecular weight excluding hydrogens is 231 g/mol. The summed E-state index contributed by atoms with van der Waals surface area (Å²) in [5.74, 6) is 0. The first-order chi connectivity index (χ1) is 7.74. The van der Waals surface area contributed by atoms with Gasteiger partial charge in [0, 0.05) is 11.7 Å². The Hall–Kier alpha value is -1.04. The number of hydrogen-bond donors (Lipinski definition) is 1. The van der Waals surface area contributed by atoms with E-state index in [1.807, 2.05) is 6.92 Å². The lowest BCUT2D eigenvalue weighted by Crippen LogP contribution is -2.22. The van der Waals surface area contributed by atoms with Crippen molar-refractivity contribution >= 4 is 0 Å². The molecule has 1 unspecified atom stereocenters. The highest BCUT2D eigenvalue weighted by molar-refractivity contribution is 5.25. The van der Waals surface area contributed by atoms with Gasteiger partial charge in [-0.1, -0.05) is 6.92 Å². The minimum Gasteiger partial charge on any atom is -0.327 e. The zero-order chi connectivity index (χ0) is 13.2. The van der Waals surface area contributed by atoms with Crippen LogP contribution in [0.3, 0.4) is 0 Å². The molecule has 0 aliphatic rings. The van der Waals surface area contributed by atoms with Crippen molar-refractivity contribution in [3.05, 3.63) is 17.0 Å². The summed E-state index contributed by atoms with van der Waals surface area (Å²) < 4.78 is 37.9. The third-order valence-corrected chi connectivity index (χ3v) is 2.85. The van der Waals surface area contributed by atoms with Crippen molar-refractivity contribution in [2.24, 2.45) is 5.73 Å². The number of hydrogen-bond acceptors (Lipinski definition) is 2. The van der Waals surface area contributed by atoms with Gasteiger partial charge in [0.1, 0.15) is 6.54 Å². The number of aromatic nitrogens is 2. The van der Waals surface area contributed by atoms with Crippen LogP contribution < -0.4 is 5.73 Å². The van der Waals surface area contributed by atoms with E-state index in [2.05, 4.69) is 5.10 Å². The van der Waals surface area contributed by atoms with Crippen molar-refractivity contribution in [3.63, 3.8) is 0 Å². The van der Waals surface area contributed by atoms with Crippen molar-refractivity contribution < 1.29 is 13.2 Å². The predicted molar refractivity (Wildman–Crippen MR) is 59.7 cm³/mol. The Balaban J connectivity index is 2.94. The van der Waals surface area contributed by atoms with E-state index in [4.69, 9.17) is 5.73 Å². The van der Waals surface area contributed by atoms with Gasteiger partial charge in [0.2, 0.25) is 0 Å². The van der Waals surface area contributed by atoms with Crippen LogP contribution in [0.15, 0.2) is 0 Å². The number of alkyl halides is 3. The van der Waals surface area contributed by atoms with E-state index in [0.717, 1.165) is 16.7 Å². The first-order valence-corrected chi connectivity index (χ1v) is 5.59. The molecular formula is C11H18F3N3. The summed E-state index contributed by atoms with van der Waals surface area (Å²) in [6.07, 6.45) is -2.87. The monoisotopic (exact) mass is 249 g/mol. The molecule has 0 amide bonds. The summed E-state index contributed by atoms with van der Waals surface area (Å²) in [4.78, 5) is 0. The summed E-state index contributed by atoms with van der Waals surface area (Å²) >= 11 is 0. The summed E-state index contributed by atoms with van der Waals surface area (Å²) in [5, 5.41) is 3.92. The molecule has 1 aromatic heterocycles. The highest BCUT2D eigenvalue weighted by atomic mass is 19.4. The molecule has 98 valence electrons. The molecule has 6 heteroatoms. The van der Waals surface area contributed by atoms with Gasteiger partial charge in [0.25, 0.3) is 0 Å². The molecule has 1 heterocycles. The lowest BCUT2D eigenvalue weighted by Gasteiger charge is -2.10. The van der Waals surface area contributed by atoms with E-state index in [-0.39, 0.29) is 6.04 Å². The summed E-state index contributed by atoms with van der Waals surface area (Å²) in [6, 6.07) is -0.0315. The van der Waals surface area contributed by atoms with E-state index in [9.17, 15) is 13.2 Å². The lowest BCUT2D eigenvalue weighted by molar-refractivity contribution is -0.142. The van der Waals surface area contributed by atoms with Crippen LogP contribution in [-0.2, 0) is 13.0 Å². The van der Waals surface area contributed by atoms with E-state index in [1.165, 1.54) is 0 Å². The van der Waals surface area contributed by atoms with Gasteiger partial charge in [-0.2, -0.15) is 18.3 Å². The van der Waals surface area contributed by atoms with Gasteiger partial charge < -0.3 is 5.73 Å². The summed E-state index contributed by atoms with van der Waals surface area (Å²) in [7, 11) is 0. The molecule has 17 heavy (non-hydrogen) atoms. The normalized spacial score (nSPS) is 14.1. The maximum Gasteiger partial charge on any atom is 0.408 e. The van der Waals surface area contributed by atoms with Crippen LogP contribution >= 0.6 is 0 Å². The molecule has 3 nitrogen and oxygen atoms in total. The molecule has 0 radical (unpaired) electrons. The van der Waals surface area contributed by atoms with Gasteiger partial charge in [-0.15, -0.1) is 0 Å². The Labute approximate surface area is 98.8 Å². The largest absolute Gasteiger partial charge is 0.408 e. The zero-order valence-electron chi connectivity index (χ0n) is 10.3. The fraction of sp³-hybridized carbons (Fsp3) is 0.727. The SMILES string of the molecule is CCC(N)Cc1c(C)nn(CC(F)(F)F)c1C. The average Bonchev–Trinajstić information content (AvgIpc) is 2.43. The standard InChI is InChI=1S/C11H18F3N3/c1-4-9(15)5-10-7(2)16-17(8(10)3)6-11(12,13)14/h9H,4-6,15H2,1-3H3. The number of nitrogens with two attached hydrogens (primary N) is 1. The smallest absolute Gasteiger partial charge is 0.327 e. The Kier molecular flexibility index (Phi) is 4.19. The fourth-order valence-corrected chi connectivity index (χ4v) is 1.76. The van der Waals surface area contributed by atoms with Crippen LogP contribution in [-0.4, -0.2) is 22.0 Å². The molecule has 0 aliphatic carbocycles. The van der Waals surface area contributed by atoms with Crippen LogP contribution in [0, 0.1) is 13.8 Å².